The monoisotopic (exact) mass is 311 g/mol. The summed E-state index contributed by atoms with van der Waals surface area (Å²) in [6.45, 7) is 5.35. The molecule has 5 heteroatoms. The molecule has 2 heterocycles. The number of pyridine rings is 1. The number of nitrogens with zero attached hydrogens (tertiary/aromatic N) is 2. The van der Waals surface area contributed by atoms with E-state index in [1.165, 1.54) is 11.8 Å². The zero-order valence-corrected chi connectivity index (χ0v) is 13.5. The highest BCUT2D eigenvalue weighted by molar-refractivity contribution is 5.93. The topological polar surface area (TPSA) is 65.5 Å². The summed E-state index contributed by atoms with van der Waals surface area (Å²) in [7, 11) is 0. The number of rotatable bonds is 2. The van der Waals surface area contributed by atoms with Crippen LogP contribution in [0.25, 0.3) is 0 Å². The van der Waals surface area contributed by atoms with E-state index in [0.29, 0.717) is 0 Å². The molecule has 0 unspecified atom stereocenters. The van der Waals surface area contributed by atoms with E-state index in [-0.39, 0.29) is 17.9 Å². The molecule has 23 heavy (non-hydrogen) atoms. The van der Waals surface area contributed by atoms with Crippen LogP contribution < -0.4 is 10.2 Å². The van der Waals surface area contributed by atoms with Gasteiger partial charge in [-0.3, -0.25) is 9.69 Å². The Morgan fingerprint density at radius 2 is 1.96 bits per heavy atom. The van der Waals surface area contributed by atoms with Crippen LogP contribution in [0.2, 0.25) is 0 Å². The molecule has 0 saturated heterocycles. The summed E-state index contributed by atoms with van der Waals surface area (Å²) in [5, 5.41) is 14.0. The van der Waals surface area contributed by atoms with Crippen LogP contribution in [-0.2, 0) is 4.79 Å². The Morgan fingerprint density at radius 1 is 1.22 bits per heavy atom. The van der Waals surface area contributed by atoms with Gasteiger partial charge in [0.15, 0.2) is 0 Å². The van der Waals surface area contributed by atoms with E-state index in [2.05, 4.69) is 10.3 Å². The molecule has 3 atom stereocenters. The first-order valence-corrected chi connectivity index (χ1v) is 7.76. The molecule has 1 amide bonds. The van der Waals surface area contributed by atoms with Crippen molar-refractivity contribution < 1.29 is 9.90 Å². The molecule has 0 aliphatic carbocycles. The molecule has 120 valence electrons. The van der Waals surface area contributed by atoms with Gasteiger partial charge in [-0.2, -0.15) is 0 Å². The highest BCUT2D eigenvalue weighted by Crippen LogP contribution is 2.41. The van der Waals surface area contributed by atoms with Gasteiger partial charge < -0.3 is 10.4 Å². The first-order chi connectivity index (χ1) is 11.0. The first kappa shape index (κ1) is 15.5. The Morgan fingerprint density at radius 3 is 2.65 bits per heavy atom. The molecule has 0 bridgehead atoms. The fourth-order valence-corrected chi connectivity index (χ4v) is 3.15. The summed E-state index contributed by atoms with van der Waals surface area (Å²) < 4.78 is 0. The Kier molecular flexibility index (Phi) is 4.05. The number of nitrogens with one attached hydrogen (secondary N) is 1. The van der Waals surface area contributed by atoms with Gasteiger partial charge >= 0.3 is 0 Å². The van der Waals surface area contributed by atoms with Crippen LogP contribution in [0.5, 0.6) is 0 Å². The quantitative estimate of drug-likeness (QED) is 0.895. The molecule has 1 aliphatic rings. The summed E-state index contributed by atoms with van der Waals surface area (Å²) in [5.74, 6) is 0.431. The standard InChI is InChI=1S/C18H21N3O2/c1-11-7-6-10-16(19-11)20-17-12(2)18(23)21(13(3)22)15-9-5-4-8-14(15)17/h4-10,12,17-18,23H,1-3H3,(H,19,20)/t12-,17-,18+/m1/s1. The highest BCUT2D eigenvalue weighted by Gasteiger charge is 2.39. The lowest BCUT2D eigenvalue weighted by Gasteiger charge is -2.42. The number of aryl methyl sites for hydroxylation is 1. The van der Waals surface area contributed by atoms with Gasteiger partial charge in [-0.15, -0.1) is 0 Å². The molecule has 1 aromatic heterocycles. The minimum absolute atomic E-state index is 0.119. The average molecular weight is 311 g/mol. The number of aliphatic hydroxyl groups is 1. The molecule has 0 saturated carbocycles. The molecule has 0 fully saturated rings. The Labute approximate surface area is 136 Å². The van der Waals surface area contributed by atoms with Crippen molar-refractivity contribution in [3.05, 3.63) is 53.7 Å². The minimum atomic E-state index is -0.871. The molecule has 1 aromatic carbocycles. The molecule has 0 spiro atoms. The Hall–Kier alpha value is -2.40. The number of para-hydroxylation sites is 1. The van der Waals surface area contributed by atoms with Crippen LogP contribution in [-0.4, -0.2) is 22.2 Å². The second-order valence-corrected chi connectivity index (χ2v) is 6.01. The van der Waals surface area contributed by atoms with E-state index in [1.54, 1.807) is 0 Å². The lowest BCUT2D eigenvalue weighted by Crippen LogP contribution is -2.49. The maximum absolute atomic E-state index is 12.0. The summed E-state index contributed by atoms with van der Waals surface area (Å²) in [4.78, 5) is 17.9. The van der Waals surface area contributed by atoms with Gasteiger partial charge in [0.05, 0.1) is 11.7 Å². The Bertz CT molecular complexity index is 732. The smallest absolute Gasteiger partial charge is 0.225 e. The number of anilines is 2. The van der Waals surface area contributed by atoms with E-state index in [4.69, 9.17) is 0 Å². The number of carbonyl (C=O) groups is 1. The van der Waals surface area contributed by atoms with Crippen LogP contribution in [0.3, 0.4) is 0 Å². The molecule has 3 rings (SSSR count). The molecular weight excluding hydrogens is 290 g/mol. The van der Waals surface area contributed by atoms with Crippen molar-refractivity contribution in [1.29, 1.82) is 0 Å². The number of fused-ring (bicyclic) bond motifs is 1. The Balaban J connectivity index is 2.03. The molecular formula is C18H21N3O2. The predicted octanol–water partition coefficient (Wildman–Crippen LogP) is 2.86. The number of aromatic nitrogens is 1. The van der Waals surface area contributed by atoms with Crippen LogP contribution in [0.1, 0.15) is 31.1 Å². The minimum Gasteiger partial charge on any atom is -0.373 e. The van der Waals surface area contributed by atoms with Gasteiger partial charge in [0, 0.05) is 18.5 Å². The van der Waals surface area contributed by atoms with Crippen molar-refractivity contribution in [3.63, 3.8) is 0 Å². The molecule has 5 nitrogen and oxygen atoms in total. The fourth-order valence-electron chi connectivity index (χ4n) is 3.15. The molecule has 0 radical (unpaired) electrons. The van der Waals surface area contributed by atoms with Crippen molar-refractivity contribution in [2.24, 2.45) is 5.92 Å². The summed E-state index contributed by atoms with van der Waals surface area (Å²) in [6, 6.07) is 13.3. The molecule has 1 aliphatic heterocycles. The van der Waals surface area contributed by atoms with Gasteiger partial charge in [0.25, 0.3) is 0 Å². The average Bonchev–Trinajstić information content (AvgIpc) is 2.51. The maximum Gasteiger partial charge on any atom is 0.225 e. The lowest BCUT2D eigenvalue weighted by molar-refractivity contribution is -0.119. The van der Waals surface area contributed by atoms with E-state index in [9.17, 15) is 9.90 Å². The summed E-state index contributed by atoms with van der Waals surface area (Å²) in [6.07, 6.45) is -0.871. The largest absolute Gasteiger partial charge is 0.373 e. The van der Waals surface area contributed by atoms with Gasteiger partial charge in [0.1, 0.15) is 12.0 Å². The molecule has 2 aromatic rings. The van der Waals surface area contributed by atoms with Crippen LogP contribution in [0.15, 0.2) is 42.5 Å². The second-order valence-electron chi connectivity index (χ2n) is 6.01. The first-order valence-electron chi connectivity index (χ1n) is 7.76. The van der Waals surface area contributed by atoms with Gasteiger partial charge in [-0.1, -0.05) is 31.2 Å². The van der Waals surface area contributed by atoms with E-state index < -0.39 is 6.23 Å². The number of amides is 1. The second kappa shape index (κ2) is 6.01. The van der Waals surface area contributed by atoms with Gasteiger partial charge in [-0.05, 0) is 30.7 Å². The number of aliphatic hydroxyl groups excluding tert-OH is 1. The number of benzene rings is 1. The molecule has 2 N–H and O–H groups in total. The number of hydrogen-bond donors (Lipinski definition) is 2. The number of hydrogen-bond acceptors (Lipinski definition) is 4. The zero-order valence-electron chi connectivity index (χ0n) is 13.5. The van der Waals surface area contributed by atoms with Crippen molar-refractivity contribution in [3.8, 4) is 0 Å². The van der Waals surface area contributed by atoms with Crippen molar-refractivity contribution in [2.75, 3.05) is 10.2 Å². The normalized spacial score (nSPS) is 23.3. The van der Waals surface area contributed by atoms with Gasteiger partial charge in [-0.25, -0.2) is 4.98 Å². The predicted molar refractivity (Wildman–Crippen MR) is 90.1 cm³/mol. The third-order valence-corrected chi connectivity index (χ3v) is 4.32. The van der Waals surface area contributed by atoms with E-state index in [1.807, 2.05) is 56.3 Å². The third-order valence-electron chi connectivity index (χ3n) is 4.32. The van der Waals surface area contributed by atoms with Crippen molar-refractivity contribution in [1.82, 2.24) is 4.98 Å². The fraction of sp³-hybridized carbons (Fsp3) is 0.333. The van der Waals surface area contributed by atoms with E-state index in [0.717, 1.165) is 22.8 Å². The maximum atomic E-state index is 12.0. The zero-order chi connectivity index (χ0) is 16.6. The van der Waals surface area contributed by atoms with Crippen LogP contribution >= 0.6 is 0 Å². The number of carbonyl (C=O) groups excluding carboxylic acids is 1. The highest BCUT2D eigenvalue weighted by atomic mass is 16.3. The van der Waals surface area contributed by atoms with Crippen molar-refractivity contribution >= 4 is 17.4 Å². The van der Waals surface area contributed by atoms with Crippen LogP contribution in [0.4, 0.5) is 11.5 Å². The third kappa shape index (κ3) is 2.80. The SMILES string of the molecule is CC(=O)N1c2ccccc2[C@H](Nc2cccc(C)n2)[C@@H](C)[C@@H]1O. The van der Waals surface area contributed by atoms with E-state index >= 15 is 0 Å². The van der Waals surface area contributed by atoms with Gasteiger partial charge in [0.2, 0.25) is 5.91 Å². The van der Waals surface area contributed by atoms with Crippen molar-refractivity contribution in [2.45, 2.75) is 33.0 Å². The summed E-state index contributed by atoms with van der Waals surface area (Å²) >= 11 is 0. The lowest BCUT2D eigenvalue weighted by atomic mass is 9.86. The summed E-state index contributed by atoms with van der Waals surface area (Å²) in [5.41, 5.74) is 2.66. The van der Waals surface area contributed by atoms with Crippen LogP contribution in [0, 0.1) is 12.8 Å².